The van der Waals surface area contributed by atoms with E-state index in [-0.39, 0.29) is 24.0 Å². The molecule has 23 heavy (non-hydrogen) atoms. The Morgan fingerprint density at radius 1 is 1.30 bits per heavy atom. The lowest BCUT2D eigenvalue weighted by molar-refractivity contribution is 0.182. The number of nitrogens with two attached hydrogens (primary N) is 1. The van der Waals surface area contributed by atoms with Crippen molar-refractivity contribution in [2.45, 2.75) is 26.9 Å². The zero-order valence-corrected chi connectivity index (χ0v) is 16.1. The summed E-state index contributed by atoms with van der Waals surface area (Å²) in [6.45, 7) is 5.92. The van der Waals surface area contributed by atoms with E-state index in [1.165, 1.54) is 0 Å². The van der Waals surface area contributed by atoms with E-state index in [0.29, 0.717) is 19.1 Å². The van der Waals surface area contributed by atoms with E-state index in [1.54, 1.807) is 7.11 Å². The van der Waals surface area contributed by atoms with Gasteiger partial charge in [-0.3, -0.25) is 4.68 Å². The number of methoxy groups -OCH3 is 1. The van der Waals surface area contributed by atoms with E-state index in [9.17, 15) is 0 Å². The smallest absolute Gasteiger partial charge is 0.193 e. The number of benzene rings is 1. The van der Waals surface area contributed by atoms with Crippen LogP contribution in [0.2, 0.25) is 0 Å². The number of guanidine groups is 1. The van der Waals surface area contributed by atoms with Gasteiger partial charge in [-0.2, -0.15) is 5.10 Å². The lowest BCUT2D eigenvalue weighted by Crippen LogP contribution is -2.22. The second-order valence-electron chi connectivity index (χ2n) is 5.06. The van der Waals surface area contributed by atoms with Crippen LogP contribution in [0.15, 0.2) is 35.3 Å². The van der Waals surface area contributed by atoms with E-state index >= 15 is 0 Å². The molecular weight excluding hydrogens is 405 g/mol. The number of anilines is 1. The van der Waals surface area contributed by atoms with Crippen molar-refractivity contribution in [3.8, 4) is 0 Å². The van der Waals surface area contributed by atoms with E-state index in [1.807, 2.05) is 48.9 Å². The van der Waals surface area contributed by atoms with E-state index in [4.69, 9.17) is 10.5 Å². The van der Waals surface area contributed by atoms with Gasteiger partial charge in [-0.05, 0) is 26.0 Å². The molecule has 0 saturated heterocycles. The van der Waals surface area contributed by atoms with Crippen molar-refractivity contribution in [2.75, 3.05) is 19.0 Å². The number of hydrogen-bond acceptors (Lipinski definition) is 3. The number of aromatic nitrogens is 2. The van der Waals surface area contributed by atoms with Crippen LogP contribution in [0.4, 0.5) is 5.69 Å². The molecule has 2 rings (SSSR count). The molecule has 3 N–H and O–H groups in total. The van der Waals surface area contributed by atoms with Crippen molar-refractivity contribution in [3.05, 3.63) is 47.3 Å². The predicted octanol–water partition coefficient (Wildman–Crippen LogP) is 2.69. The number of rotatable bonds is 6. The molecule has 7 heteroatoms. The van der Waals surface area contributed by atoms with Crippen molar-refractivity contribution >= 4 is 35.6 Å². The number of hydrogen-bond donors (Lipinski definition) is 2. The maximum atomic E-state index is 5.93. The first-order valence-corrected chi connectivity index (χ1v) is 7.25. The molecule has 0 aliphatic rings. The first kappa shape index (κ1) is 19.4. The molecule has 0 radical (unpaired) electrons. The van der Waals surface area contributed by atoms with Gasteiger partial charge >= 0.3 is 0 Å². The number of nitrogens with zero attached hydrogens (tertiary/aromatic N) is 3. The fraction of sp³-hybridized carbons (Fsp3) is 0.375. The summed E-state index contributed by atoms with van der Waals surface area (Å²) in [7, 11) is 1.69. The molecule has 0 saturated carbocycles. The SMILES string of the molecule is COCCn1nc(C)c(CN=C(N)Nc2ccccc2)c1C.I. The van der Waals surface area contributed by atoms with Crippen LogP contribution in [0.3, 0.4) is 0 Å². The van der Waals surface area contributed by atoms with Crippen molar-refractivity contribution in [2.24, 2.45) is 10.7 Å². The highest BCUT2D eigenvalue weighted by Crippen LogP contribution is 2.14. The Bertz CT molecular complexity index is 639. The van der Waals surface area contributed by atoms with Crippen molar-refractivity contribution in [1.29, 1.82) is 0 Å². The molecule has 126 valence electrons. The van der Waals surface area contributed by atoms with E-state index in [0.717, 1.165) is 29.2 Å². The van der Waals surface area contributed by atoms with Gasteiger partial charge in [-0.25, -0.2) is 4.99 Å². The third kappa shape index (κ3) is 5.51. The van der Waals surface area contributed by atoms with Gasteiger partial charge in [0.1, 0.15) is 0 Å². The van der Waals surface area contributed by atoms with Crippen LogP contribution < -0.4 is 11.1 Å². The van der Waals surface area contributed by atoms with Gasteiger partial charge in [0.15, 0.2) is 5.96 Å². The van der Waals surface area contributed by atoms with E-state index in [2.05, 4.69) is 15.4 Å². The standard InChI is InChI=1S/C16H23N5O.HI/c1-12-15(13(2)21(20-12)9-10-22-3)11-18-16(17)19-14-7-5-4-6-8-14;/h4-8H,9-11H2,1-3H3,(H3,17,18,19);1H. The molecule has 1 aromatic carbocycles. The molecule has 0 atom stereocenters. The third-order valence-electron chi connectivity index (χ3n) is 3.49. The molecule has 0 bridgehead atoms. The number of nitrogens with one attached hydrogen (secondary N) is 1. The number of para-hydroxylation sites is 1. The van der Waals surface area contributed by atoms with Gasteiger partial charge in [-0.1, -0.05) is 18.2 Å². The minimum atomic E-state index is 0. The van der Waals surface area contributed by atoms with Crippen molar-refractivity contribution in [1.82, 2.24) is 9.78 Å². The zero-order valence-electron chi connectivity index (χ0n) is 13.7. The molecule has 1 aromatic heterocycles. The summed E-state index contributed by atoms with van der Waals surface area (Å²) >= 11 is 0. The Labute approximate surface area is 154 Å². The highest BCUT2D eigenvalue weighted by atomic mass is 127. The normalized spacial score (nSPS) is 11.2. The number of aryl methyl sites for hydroxylation is 1. The average Bonchev–Trinajstić information content (AvgIpc) is 2.78. The van der Waals surface area contributed by atoms with Gasteiger partial charge in [-0.15, -0.1) is 24.0 Å². The van der Waals surface area contributed by atoms with Crippen LogP contribution in [0.5, 0.6) is 0 Å². The molecule has 0 aliphatic carbocycles. The molecular formula is C16H24IN5O. The van der Waals surface area contributed by atoms with Gasteiger partial charge in [0, 0.05) is 24.1 Å². The fourth-order valence-electron chi connectivity index (χ4n) is 2.23. The van der Waals surface area contributed by atoms with Crippen LogP contribution in [-0.4, -0.2) is 29.5 Å². The van der Waals surface area contributed by atoms with E-state index < -0.39 is 0 Å². The maximum Gasteiger partial charge on any atom is 0.193 e. The monoisotopic (exact) mass is 429 g/mol. The first-order valence-electron chi connectivity index (χ1n) is 7.25. The molecule has 0 aliphatic heterocycles. The van der Waals surface area contributed by atoms with Crippen molar-refractivity contribution < 1.29 is 4.74 Å². The highest BCUT2D eigenvalue weighted by molar-refractivity contribution is 14.0. The first-order chi connectivity index (χ1) is 10.6. The molecule has 0 amide bonds. The molecule has 0 fully saturated rings. The molecule has 0 unspecified atom stereocenters. The summed E-state index contributed by atoms with van der Waals surface area (Å²) in [5, 5.41) is 7.59. The van der Waals surface area contributed by atoms with Crippen molar-refractivity contribution in [3.63, 3.8) is 0 Å². The quantitative estimate of drug-likeness (QED) is 0.421. The predicted molar refractivity (Wildman–Crippen MR) is 104 cm³/mol. The summed E-state index contributed by atoms with van der Waals surface area (Å²) < 4.78 is 7.04. The fourth-order valence-corrected chi connectivity index (χ4v) is 2.23. The largest absolute Gasteiger partial charge is 0.383 e. The summed E-state index contributed by atoms with van der Waals surface area (Å²) in [4.78, 5) is 4.40. The Balaban J connectivity index is 0.00000264. The van der Waals surface area contributed by atoms with Crippen LogP contribution in [0.25, 0.3) is 0 Å². The highest BCUT2D eigenvalue weighted by Gasteiger charge is 2.10. The molecule has 2 aromatic rings. The van der Waals surface area contributed by atoms with Crippen LogP contribution >= 0.6 is 24.0 Å². The zero-order chi connectivity index (χ0) is 15.9. The van der Waals surface area contributed by atoms with Gasteiger partial charge < -0.3 is 15.8 Å². The molecule has 6 nitrogen and oxygen atoms in total. The second kappa shape index (κ2) is 9.51. The number of ether oxygens (including phenoxy) is 1. The third-order valence-corrected chi connectivity index (χ3v) is 3.49. The van der Waals surface area contributed by atoms with Gasteiger partial charge in [0.2, 0.25) is 0 Å². The molecule has 1 heterocycles. The van der Waals surface area contributed by atoms with Crippen LogP contribution in [-0.2, 0) is 17.8 Å². The Morgan fingerprint density at radius 2 is 2.00 bits per heavy atom. The van der Waals surface area contributed by atoms with Crippen LogP contribution in [0, 0.1) is 13.8 Å². The van der Waals surface area contributed by atoms with Crippen LogP contribution in [0.1, 0.15) is 17.0 Å². The van der Waals surface area contributed by atoms with Gasteiger partial charge in [0.25, 0.3) is 0 Å². The Hall–Kier alpha value is -1.61. The summed E-state index contributed by atoms with van der Waals surface area (Å²) in [5.74, 6) is 0.398. The Morgan fingerprint density at radius 3 is 2.65 bits per heavy atom. The minimum Gasteiger partial charge on any atom is -0.383 e. The maximum absolute atomic E-state index is 5.93. The summed E-state index contributed by atoms with van der Waals surface area (Å²) in [6.07, 6.45) is 0. The lowest BCUT2D eigenvalue weighted by Gasteiger charge is -2.06. The minimum absolute atomic E-state index is 0. The molecule has 0 spiro atoms. The second-order valence-corrected chi connectivity index (χ2v) is 5.06. The Kier molecular flexibility index (Phi) is 8.04. The number of halogens is 1. The summed E-state index contributed by atoms with van der Waals surface area (Å²) in [6, 6.07) is 9.75. The number of aliphatic imine (C=N–C) groups is 1. The van der Waals surface area contributed by atoms with Gasteiger partial charge in [0.05, 0.1) is 25.4 Å². The average molecular weight is 429 g/mol. The lowest BCUT2D eigenvalue weighted by atomic mass is 10.2. The topological polar surface area (TPSA) is 77.5 Å². The summed E-state index contributed by atoms with van der Waals surface area (Å²) in [5.41, 5.74) is 10.0.